The quantitative estimate of drug-likeness (QED) is 0.454. The number of hydrogen-bond donors (Lipinski definition) is 2. The van der Waals surface area contributed by atoms with Crippen LogP contribution in [0.2, 0.25) is 0 Å². The summed E-state index contributed by atoms with van der Waals surface area (Å²) in [6, 6.07) is 18.5. The number of aromatic amines is 1. The van der Waals surface area contributed by atoms with Gasteiger partial charge in [-0.05, 0) is 48.2 Å². The number of aromatic hydroxyl groups is 1. The Hall–Kier alpha value is -3.45. The van der Waals surface area contributed by atoms with Gasteiger partial charge in [-0.15, -0.1) is 11.8 Å². The van der Waals surface area contributed by atoms with Crippen molar-refractivity contribution >= 4 is 17.7 Å². The molecular weight excluding hydrogens is 398 g/mol. The number of hydrogen-bond acceptors (Lipinski definition) is 5. The highest BCUT2D eigenvalue weighted by Gasteiger charge is 2.42. The third-order valence-corrected chi connectivity index (χ3v) is 6.10. The van der Waals surface area contributed by atoms with Crippen molar-refractivity contribution < 1.29 is 14.3 Å². The number of rotatable bonds is 5. The van der Waals surface area contributed by atoms with E-state index in [1.165, 1.54) is 0 Å². The minimum atomic E-state index is -0.345. The van der Waals surface area contributed by atoms with Crippen molar-refractivity contribution in [2.24, 2.45) is 0 Å². The molecule has 0 spiro atoms. The molecule has 0 unspecified atom stereocenters. The third-order valence-electron chi connectivity index (χ3n) is 5.36. The number of aromatic nitrogens is 2. The lowest BCUT2D eigenvalue weighted by molar-refractivity contribution is 0.0717. The van der Waals surface area contributed by atoms with E-state index in [-0.39, 0.29) is 17.7 Å². The van der Waals surface area contributed by atoms with Crippen LogP contribution in [-0.4, -0.2) is 32.4 Å². The molecule has 2 aromatic heterocycles. The summed E-state index contributed by atoms with van der Waals surface area (Å²) in [6.45, 7) is 0.337. The molecule has 1 atom stereocenters. The first-order chi connectivity index (χ1) is 14.7. The Balaban J connectivity index is 1.66. The van der Waals surface area contributed by atoms with Gasteiger partial charge in [0, 0.05) is 16.0 Å². The monoisotopic (exact) mass is 417 g/mol. The highest BCUT2D eigenvalue weighted by Crippen LogP contribution is 2.45. The molecule has 0 saturated carbocycles. The van der Waals surface area contributed by atoms with E-state index in [9.17, 15) is 9.90 Å². The molecule has 0 fully saturated rings. The summed E-state index contributed by atoms with van der Waals surface area (Å²) >= 11 is 1.67. The first-order valence-electron chi connectivity index (χ1n) is 9.51. The number of furan rings is 1. The molecule has 1 aliphatic rings. The van der Waals surface area contributed by atoms with E-state index in [4.69, 9.17) is 4.42 Å². The Morgan fingerprint density at radius 1 is 1.13 bits per heavy atom. The maximum absolute atomic E-state index is 13.3. The molecular formula is C23H19N3O3S. The lowest BCUT2D eigenvalue weighted by atomic mass is 9.95. The van der Waals surface area contributed by atoms with Gasteiger partial charge in [0.15, 0.2) is 0 Å². The van der Waals surface area contributed by atoms with Crippen molar-refractivity contribution in [2.45, 2.75) is 17.5 Å². The van der Waals surface area contributed by atoms with E-state index in [1.807, 2.05) is 48.7 Å². The minimum Gasteiger partial charge on any atom is -0.507 e. The fraction of sp³-hybridized carbons (Fsp3) is 0.130. The average molecular weight is 417 g/mol. The van der Waals surface area contributed by atoms with E-state index in [0.29, 0.717) is 29.3 Å². The summed E-state index contributed by atoms with van der Waals surface area (Å²) in [4.78, 5) is 16.2. The van der Waals surface area contributed by atoms with Gasteiger partial charge in [0.25, 0.3) is 5.91 Å². The van der Waals surface area contributed by atoms with Gasteiger partial charge >= 0.3 is 0 Å². The van der Waals surface area contributed by atoms with Gasteiger partial charge in [0.2, 0.25) is 0 Å². The Morgan fingerprint density at radius 2 is 1.93 bits per heavy atom. The zero-order chi connectivity index (χ0) is 20.7. The van der Waals surface area contributed by atoms with Gasteiger partial charge in [-0.1, -0.05) is 24.3 Å². The molecule has 1 aliphatic heterocycles. The Bertz CT molecular complexity index is 1200. The number of nitrogens with zero attached hydrogens (tertiary/aromatic N) is 2. The topological polar surface area (TPSA) is 82.4 Å². The standard InChI is InChI=1S/C23H19N3O3S/c1-30-16-10-8-14(9-11-16)22-19-20(17-6-2-3-7-18(17)27)24-25-21(19)23(28)26(22)13-15-5-4-12-29-15/h2-12,22,27H,13H2,1H3,(H,24,25)/t22-/m1/s1. The van der Waals surface area contributed by atoms with Crippen LogP contribution in [0.4, 0.5) is 0 Å². The lowest BCUT2D eigenvalue weighted by Crippen LogP contribution is -2.28. The van der Waals surface area contributed by atoms with Gasteiger partial charge in [-0.2, -0.15) is 5.10 Å². The molecule has 6 nitrogen and oxygen atoms in total. The second-order valence-electron chi connectivity index (χ2n) is 7.07. The van der Waals surface area contributed by atoms with Crippen LogP contribution in [0.15, 0.2) is 76.2 Å². The number of nitrogens with one attached hydrogen (secondary N) is 1. The second kappa shape index (κ2) is 7.42. The summed E-state index contributed by atoms with van der Waals surface area (Å²) in [6.07, 6.45) is 3.63. The zero-order valence-corrected chi connectivity index (χ0v) is 17.0. The number of para-hydroxylation sites is 1. The SMILES string of the molecule is CSc1ccc([C@@H]2c3c(-c4ccccc4O)n[nH]c3C(=O)N2Cc2ccco2)cc1. The molecule has 0 aliphatic carbocycles. The number of phenolic OH excluding ortho intramolecular Hbond substituents is 1. The Kier molecular flexibility index (Phi) is 4.59. The number of H-pyrrole nitrogens is 1. The average Bonchev–Trinajstić information content (AvgIpc) is 3.49. The third kappa shape index (κ3) is 2.98. The Morgan fingerprint density at radius 3 is 2.63 bits per heavy atom. The largest absolute Gasteiger partial charge is 0.507 e. The van der Waals surface area contributed by atoms with Crippen molar-refractivity contribution in [3.8, 4) is 17.0 Å². The molecule has 1 amide bonds. The smallest absolute Gasteiger partial charge is 0.273 e. The molecule has 30 heavy (non-hydrogen) atoms. The van der Waals surface area contributed by atoms with Crippen LogP contribution in [0.3, 0.4) is 0 Å². The number of thioether (sulfide) groups is 1. The maximum atomic E-state index is 13.3. The molecule has 3 heterocycles. The molecule has 5 rings (SSSR count). The molecule has 7 heteroatoms. The number of amides is 1. The summed E-state index contributed by atoms with van der Waals surface area (Å²) in [5, 5.41) is 17.7. The van der Waals surface area contributed by atoms with Crippen molar-refractivity contribution in [1.29, 1.82) is 0 Å². The molecule has 4 aromatic rings. The van der Waals surface area contributed by atoms with Crippen molar-refractivity contribution in [3.63, 3.8) is 0 Å². The fourth-order valence-corrected chi connectivity index (χ4v) is 4.35. The van der Waals surface area contributed by atoms with Crippen molar-refractivity contribution in [1.82, 2.24) is 15.1 Å². The van der Waals surface area contributed by atoms with Gasteiger partial charge in [-0.3, -0.25) is 9.89 Å². The second-order valence-corrected chi connectivity index (χ2v) is 7.95. The Labute approximate surface area is 177 Å². The van der Waals surface area contributed by atoms with Crippen LogP contribution >= 0.6 is 11.8 Å². The summed E-state index contributed by atoms with van der Waals surface area (Å²) < 4.78 is 5.51. The molecule has 0 radical (unpaired) electrons. The van der Waals surface area contributed by atoms with Crippen LogP contribution in [0.5, 0.6) is 5.75 Å². The molecule has 0 bridgehead atoms. The van der Waals surface area contributed by atoms with Gasteiger partial charge in [0.1, 0.15) is 22.9 Å². The lowest BCUT2D eigenvalue weighted by Gasteiger charge is -2.25. The van der Waals surface area contributed by atoms with Crippen molar-refractivity contribution in [3.05, 3.63) is 89.5 Å². The molecule has 150 valence electrons. The fourth-order valence-electron chi connectivity index (χ4n) is 3.94. The number of fused-ring (bicyclic) bond motifs is 1. The first-order valence-corrected chi connectivity index (χ1v) is 10.7. The van der Waals surface area contributed by atoms with E-state index in [0.717, 1.165) is 16.0 Å². The van der Waals surface area contributed by atoms with Crippen molar-refractivity contribution in [2.75, 3.05) is 6.26 Å². The van der Waals surface area contributed by atoms with E-state index < -0.39 is 0 Å². The normalized spacial score (nSPS) is 15.6. The van der Waals surface area contributed by atoms with Crippen LogP contribution in [0, 0.1) is 0 Å². The molecule has 2 aromatic carbocycles. The summed E-state index contributed by atoms with van der Waals surface area (Å²) in [5.41, 5.74) is 3.36. The van der Waals surface area contributed by atoms with Crippen LogP contribution in [0.1, 0.15) is 33.4 Å². The number of benzene rings is 2. The summed E-state index contributed by atoms with van der Waals surface area (Å²) in [7, 11) is 0. The number of carbonyl (C=O) groups excluding carboxylic acids is 1. The van der Waals surface area contributed by atoms with Gasteiger partial charge in [-0.25, -0.2) is 0 Å². The number of carbonyl (C=O) groups is 1. The first kappa shape index (κ1) is 18.6. The minimum absolute atomic E-state index is 0.125. The van der Waals surface area contributed by atoms with Gasteiger partial charge < -0.3 is 14.4 Å². The highest BCUT2D eigenvalue weighted by atomic mass is 32.2. The van der Waals surface area contributed by atoms with E-state index >= 15 is 0 Å². The zero-order valence-electron chi connectivity index (χ0n) is 16.2. The number of phenols is 1. The van der Waals surface area contributed by atoms with Gasteiger partial charge in [0.05, 0.1) is 18.8 Å². The molecule has 0 saturated heterocycles. The van der Waals surface area contributed by atoms with Crippen LogP contribution in [-0.2, 0) is 6.54 Å². The van der Waals surface area contributed by atoms with Crippen LogP contribution < -0.4 is 0 Å². The molecule has 2 N–H and O–H groups in total. The maximum Gasteiger partial charge on any atom is 0.273 e. The highest BCUT2D eigenvalue weighted by molar-refractivity contribution is 7.98. The van der Waals surface area contributed by atoms with E-state index in [2.05, 4.69) is 10.2 Å². The summed E-state index contributed by atoms with van der Waals surface area (Å²) in [5.74, 6) is 0.686. The predicted molar refractivity (Wildman–Crippen MR) is 114 cm³/mol. The van der Waals surface area contributed by atoms with E-state index in [1.54, 1.807) is 41.1 Å². The van der Waals surface area contributed by atoms with Crippen LogP contribution in [0.25, 0.3) is 11.3 Å². The predicted octanol–water partition coefficient (Wildman–Crippen LogP) is 4.84.